The van der Waals surface area contributed by atoms with Gasteiger partial charge in [0.15, 0.2) is 0 Å². The second-order valence-corrected chi connectivity index (χ2v) is 6.29. The molecular weight excluding hydrogens is 230 g/mol. The summed E-state index contributed by atoms with van der Waals surface area (Å²) in [5.74, 6) is 1.26. The number of nitrogens with one attached hydrogen (secondary N) is 1. The molecule has 1 aliphatic carbocycles. The highest BCUT2D eigenvalue weighted by molar-refractivity contribution is 6.06. The molecule has 0 spiro atoms. The van der Waals surface area contributed by atoms with Crippen LogP contribution in [0.1, 0.15) is 26.7 Å². The number of morpholine rings is 1. The molecule has 0 amide bonds. The van der Waals surface area contributed by atoms with E-state index in [1.807, 2.05) is 0 Å². The number of rotatable bonds is 0. The highest BCUT2D eigenvalue weighted by Gasteiger charge is 2.47. The Morgan fingerprint density at radius 3 is 2.83 bits per heavy atom. The van der Waals surface area contributed by atoms with Crippen molar-refractivity contribution in [3.8, 4) is 0 Å². The number of carbonyl (C=O) groups is 1. The molecule has 0 bridgehead atoms. The number of ketones is 1. The van der Waals surface area contributed by atoms with E-state index in [9.17, 15) is 4.79 Å². The maximum absolute atomic E-state index is 12.4. The van der Waals surface area contributed by atoms with Gasteiger partial charge in [-0.1, -0.05) is 13.8 Å². The first kappa shape index (κ1) is 12.0. The third-order valence-electron chi connectivity index (χ3n) is 4.13. The lowest BCUT2D eigenvalue weighted by Crippen LogP contribution is -2.51. The largest absolute Gasteiger partial charge is 0.378 e. The SMILES string of the molecule is CC1(C)CC(=O)[C@H]2C(N3CCOCC3)=NN[C@@H]2C1. The standard InChI is InChI=1S/C13H21N3O2/c1-13(2)7-9-11(10(17)8-13)12(15-14-9)16-3-5-18-6-4-16/h9,11,14H,3-8H2,1-2H3/t9-,11+/m1/s1. The Labute approximate surface area is 108 Å². The van der Waals surface area contributed by atoms with E-state index in [-0.39, 0.29) is 17.4 Å². The van der Waals surface area contributed by atoms with E-state index >= 15 is 0 Å². The van der Waals surface area contributed by atoms with Crippen LogP contribution in [-0.2, 0) is 9.53 Å². The molecule has 2 aliphatic heterocycles. The van der Waals surface area contributed by atoms with E-state index in [0.717, 1.165) is 38.6 Å². The molecular formula is C13H21N3O2. The third-order valence-corrected chi connectivity index (χ3v) is 4.13. The highest BCUT2D eigenvalue weighted by atomic mass is 16.5. The van der Waals surface area contributed by atoms with Crippen molar-refractivity contribution in [1.29, 1.82) is 0 Å². The molecule has 0 aromatic carbocycles. The fourth-order valence-corrected chi connectivity index (χ4v) is 3.31. The zero-order valence-corrected chi connectivity index (χ0v) is 11.1. The van der Waals surface area contributed by atoms with Crippen LogP contribution in [0.25, 0.3) is 0 Å². The summed E-state index contributed by atoms with van der Waals surface area (Å²) in [6, 6.07) is 0.194. The fourth-order valence-electron chi connectivity index (χ4n) is 3.31. The molecule has 0 unspecified atom stereocenters. The summed E-state index contributed by atoms with van der Waals surface area (Å²) in [6.45, 7) is 7.48. The van der Waals surface area contributed by atoms with Gasteiger partial charge in [0, 0.05) is 19.5 Å². The molecule has 2 atom stereocenters. The lowest BCUT2D eigenvalue weighted by Gasteiger charge is -2.38. The molecule has 2 heterocycles. The molecule has 3 aliphatic rings. The Morgan fingerprint density at radius 2 is 2.11 bits per heavy atom. The lowest BCUT2D eigenvalue weighted by atomic mass is 9.69. The number of ether oxygens (including phenoxy) is 1. The van der Waals surface area contributed by atoms with Crippen molar-refractivity contribution in [2.75, 3.05) is 26.3 Å². The van der Waals surface area contributed by atoms with Crippen LogP contribution in [0, 0.1) is 11.3 Å². The Morgan fingerprint density at radius 1 is 1.39 bits per heavy atom. The van der Waals surface area contributed by atoms with Crippen molar-refractivity contribution in [3.63, 3.8) is 0 Å². The first-order valence-electron chi connectivity index (χ1n) is 6.75. The second kappa shape index (κ2) is 4.23. The number of hydrogen-bond donors (Lipinski definition) is 1. The van der Waals surface area contributed by atoms with Gasteiger partial charge in [-0.3, -0.25) is 4.79 Å². The number of Topliss-reactive ketones (excluding diaryl/α,β-unsaturated/α-hetero) is 1. The van der Waals surface area contributed by atoms with Gasteiger partial charge in [0.05, 0.1) is 25.2 Å². The van der Waals surface area contributed by atoms with Gasteiger partial charge >= 0.3 is 0 Å². The summed E-state index contributed by atoms with van der Waals surface area (Å²) in [5, 5.41) is 4.44. The average Bonchev–Trinajstić information content (AvgIpc) is 2.72. The van der Waals surface area contributed by atoms with Gasteiger partial charge in [-0.15, -0.1) is 0 Å². The molecule has 0 radical (unpaired) electrons. The molecule has 5 heteroatoms. The predicted octanol–water partition coefficient (Wildman–Crippen LogP) is 0.609. The minimum atomic E-state index is -0.0314. The Balaban J connectivity index is 1.77. The van der Waals surface area contributed by atoms with Crippen LogP contribution in [0.3, 0.4) is 0 Å². The maximum Gasteiger partial charge on any atom is 0.146 e. The molecule has 18 heavy (non-hydrogen) atoms. The van der Waals surface area contributed by atoms with Crippen LogP contribution in [0.2, 0.25) is 0 Å². The number of amidine groups is 1. The number of nitrogens with zero attached hydrogens (tertiary/aromatic N) is 2. The number of carbonyl (C=O) groups excluding carboxylic acids is 1. The van der Waals surface area contributed by atoms with Gasteiger partial charge in [-0.25, -0.2) is 0 Å². The second-order valence-electron chi connectivity index (χ2n) is 6.29. The number of hydrazone groups is 1. The lowest BCUT2D eigenvalue weighted by molar-refractivity contribution is -0.126. The zero-order chi connectivity index (χ0) is 12.8. The monoisotopic (exact) mass is 251 g/mol. The van der Waals surface area contributed by atoms with E-state index in [1.165, 1.54) is 0 Å². The summed E-state index contributed by atoms with van der Waals surface area (Å²) in [6.07, 6.45) is 1.68. The third kappa shape index (κ3) is 2.00. The predicted molar refractivity (Wildman–Crippen MR) is 68.3 cm³/mol. The first-order valence-corrected chi connectivity index (χ1v) is 6.75. The van der Waals surface area contributed by atoms with Gasteiger partial charge < -0.3 is 15.1 Å². The summed E-state index contributed by atoms with van der Waals surface area (Å²) in [7, 11) is 0. The molecule has 1 saturated heterocycles. The molecule has 0 aromatic heterocycles. The topological polar surface area (TPSA) is 53.9 Å². The van der Waals surface area contributed by atoms with Crippen LogP contribution in [-0.4, -0.2) is 48.9 Å². The minimum absolute atomic E-state index is 0.0314. The molecule has 1 N–H and O–H groups in total. The summed E-state index contributed by atoms with van der Waals surface area (Å²) >= 11 is 0. The Kier molecular flexibility index (Phi) is 2.81. The van der Waals surface area contributed by atoms with Gasteiger partial charge in [0.25, 0.3) is 0 Å². The number of fused-ring (bicyclic) bond motifs is 1. The first-order chi connectivity index (χ1) is 8.57. The van der Waals surface area contributed by atoms with Crippen molar-refractivity contribution in [2.24, 2.45) is 16.4 Å². The van der Waals surface area contributed by atoms with Crippen LogP contribution in [0.15, 0.2) is 5.10 Å². The smallest absolute Gasteiger partial charge is 0.146 e. The Bertz CT molecular complexity index is 386. The summed E-state index contributed by atoms with van der Waals surface area (Å²) in [4.78, 5) is 14.6. The van der Waals surface area contributed by atoms with Crippen molar-refractivity contribution in [1.82, 2.24) is 10.3 Å². The molecule has 3 rings (SSSR count). The van der Waals surface area contributed by atoms with Gasteiger partial charge in [-0.05, 0) is 11.8 Å². The van der Waals surface area contributed by atoms with E-state index in [1.54, 1.807) is 0 Å². The van der Waals surface area contributed by atoms with E-state index in [0.29, 0.717) is 12.2 Å². The Hall–Kier alpha value is -1.10. The number of hydrogen-bond acceptors (Lipinski definition) is 5. The van der Waals surface area contributed by atoms with Crippen LogP contribution in [0.5, 0.6) is 0 Å². The zero-order valence-electron chi connectivity index (χ0n) is 11.1. The molecule has 1 saturated carbocycles. The van der Waals surface area contributed by atoms with E-state index < -0.39 is 0 Å². The van der Waals surface area contributed by atoms with E-state index in [2.05, 4.69) is 29.3 Å². The molecule has 2 fully saturated rings. The fraction of sp³-hybridized carbons (Fsp3) is 0.846. The van der Waals surface area contributed by atoms with Crippen molar-refractivity contribution in [3.05, 3.63) is 0 Å². The normalized spacial score (nSPS) is 34.9. The van der Waals surface area contributed by atoms with Crippen molar-refractivity contribution < 1.29 is 9.53 Å². The van der Waals surface area contributed by atoms with E-state index in [4.69, 9.17) is 4.74 Å². The van der Waals surface area contributed by atoms with Crippen LogP contribution < -0.4 is 5.43 Å². The quantitative estimate of drug-likeness (QED) is 0.685. The molecule has 5 nitrogen and oxygen atoms in total. The molecule has 100 valence electrons. The van der Waals surface area contributed by atoms with Gasteiger partial charge in [0.1, 0.15) is 11.6 Å². The van der Waals surface area contributed by atoms with Crippen LogP contribution in [0.4, 0.5) is 0 Å². The summed E-state index contributed by atoms with van der Waals surface area (Å²) < 4.78 is 5.35. The maximum atomic E-state index is 12.4. The van der Waals surface area contributed by atoms with Crippen molar-refractivity contribution >= 4 is 11.6 Å². The summed E-state index contributed by atoms with van der Waals surface area (Å²) in [5.41, 5.74) is 3.28. The highest BCUT2D eigenvalue weighted by Crippen LogP contribution is 2.39. The average molecular weight is 251 g/mol. The molecule has 0 aromatic rings. The minimum Gasteiger partial charge on any atom is -0.378 e. The van der Waals surface area contributed by atoms with Crippen LogP contribution >= 0.6 is 0 Å². The van der Waals surface area contributed by atoms with Gasteiger partial charge in [-0.2, -0.15) is 5.10 Å². The van der Waals surface area contributed by atoms with Gasteiger partial charge in [0.2, 0.25) is 0 Å². The van der Waals surface area contributed by atoms with Crippen molar-refractivity contribution in [2.45, 2.75) is 32.7 Å².